The Balaban J connectivity index is 1.69. The molecule has 3 rings (SSSR count). The number of ether oxygens (including phenoxy) is 1. The molecule has 0 bridgehead atoms. The van der Waals surface area contributed by atoms with Crippen molar-refractivity contribution in [3.8, 4) is 5.75 Å². The van der Waals surface area contributed by atoms with Gasteiger partial charge in [-0.1, -0.05) is 23.7 Å². The zero-order chi connectivity index (χ0) is 17.6. The number of hydrogen-bond donors (Lipinski definition) is 1. The number of rotatable bonds is 5. The first-order valence-electron chi connectivity index (χ1n) is 7.50. The Morgan fingerprint density at radius 3 is 2.84 bits per heavy atom. The maximum Gasteiger partial charge on any atom is 0.256 e. The SMILES string of the molecule is O=C(Nc1cccc(OCc2cccnc2)c1)c1cc(Cl)ccc1Br. The molecule has 0 atom stereocenters. The molecule has 3 aromatic rings. The van der Waals surface area contributed by atoms with Gasteiger partial charge in [0.25, 0.3) is 5.91 Å². The Labute approximate surface area is 158 Å². The van der Waals surface area contributed by atoms with Crippen LogP contribution in [-0.4, -0.2) is 10.9 Å². The lowest BCUT2D eigenvalue weighted by Crippen LogP contribution is -2.12. The number of benzene rings is 2. The highest BCUT2D eigenvalue weighted by molar-refractivity contribution is 9.10. The van der Waals surface area contributed by atoms with Gasteiger partial charge in [0.15, 0.2) is 0 Å². The first-order chi connectivity index (χ1) is 12.1. The number of aromatic nitrogens is 1. The number of nitrogens with one attached hydrogen (secondary N) is 1. The summed E-state index contributed by atoms with van der Waals surface area (Å²) in [5.74, 6) is 0.408. The molecule has 25 heavy (non-hydrogen) atoms. The van der Waals surface area contributed by atoms with Crippen LogP contribution in [0.4, 0.5) is 5.69 Å². The summed E-state index contributed by atoms with van der Waals surface area (Å²) in [6.07, 6.45) is 3.47. The van der Waals surface area contributed by atoms with Crippen molar-refractivity contribution in [2.75, 3.05) is 5.32 Å². The van der Waals surface area contributed by atoms with Crippen LogP contribution in [0.2, 0.25) is 5.02 Å². The Morgan fingerprint density at radius 2 is 2.04 bits per heavy atom. The summed E-state index contributed by atoms with van der Waals surface area (Å²) >= 11 is 9.32. The third-order valence-corrected chi connectivity index (χ3v) is 4.32. The Kier molecular flexibility index (Phi) is 5.68. The molecule has 1 aromatic heterocycles. The second-order valence-corrected chi connectivity index (χ2v) is 6.55. The summed E-state index contributed by atoms with van der Waals surface area (Å²) in [4.78, 5) is 16.5. The van der Waals surface area contributed by atoms with Gasteiger partial charge in [-0.05, 0) is 52.3 Å². The molecule has 0 aliphatic heterocycles. The molecule has 126 valence electrons. The summed E-state index contributed by atoms with van der Waals surface area (Å²) in [5.41, 5.74) is 2.08. The topological polar surface area (TPSA) is 51.2 Å². The lowest BCUT2D eigenvalue weighted by atomic mass is 10.2. The zero-order valence-electron chi connectivity index (χ0n) is 13.1. The number of nitrogens with zero attached hydrogens (tertiary/aromatic N) is 1. The molecule has 0 saturated carbocycles. The van der Waals surface area contributed by atoms with Crippen LogP contribution in [0.3, 0.4) is 0 Å². The van der Waals surface area contributed by atoms with E-state index in [0.717, 1.165) is 5.56 Å². The van der Waals surface area contributed by atoms with Gasteiger partial charge in [0.2, 0.25) is 0 Å². The summed E-state index contributed by atoms with van der Waals surface area (Å²) < 4.78 is 6.42. The maximum atomic E-state index is 12.4. The van der Waals surface area contributed by atoms with Crippen molar-refractivity contribution in [3.63, 3.8) is 0 Å². The molecule has 1 N–H and O–H groups in total. The van der Waals surface area contributed by atoms with E-state index >= 15 is 0 Å². The average molecular weight is 418 g/mol. The van der Waals surface area contributed by atoms with Crippen LogP contribution in [-0.2, 0) is 6.61 Å². The molecule has 2 aromatic carbocycles. The van der Waals surface area contributed by atoms with Crippen molar-refractivity contribution in [1.82, 2.24) is 4.98 Å². The molecule has 1 heterocycles. The van der Waals surface area contributed by atoms with Crippen molar-refractivity contribution >= 4 is 39.1 Å². The minimum atomic E-state index is -0.251. The van der Waals surface area contributed by atoms with Crippen molar-refractivity contribution in [2.45, 2.75) is 6.61 Å². The van der Waals surface area contributed by atoms with Crippen LogP contribution in [0.25, 0.3) is 0 Å². The molecule has 0 spiro atoms. The minimum absolute atomic E-state index is 0.251. The van der Waals surface area contributed by atoms with Crippen molar-refractivity contribution in [3.05, 3.63) is 87.6 Å². The molecule has 0 aliphatic rings. The van der Waals surface area contributed by atoms with E-state index in [4.69, 9.17) is 16.3 Å². The molecule has 0 saturated heterocycles. The lowest BCUT2D eigenvalue weighted by molar-refractivity contribution is 0.102. The standard InChI is InChI=1S/C19H14BrClN2O2/c20-18-7-6-14(21)9-17(18)19(24)23-15-4-1-5-16(10-15)25-12-13-3-2-8-22-11-13/h1-11H,12H2,(H,23,24). The van der Waals surface area contributed by atoms with Crippen LogP contribution in [0.15, 0.2) is 71.5 Å². The smallest absolute Gasteiger partial charge is 0.256 e. The molecular formula is C19H14BrClN2O2. The predicted octanol–water partition coefficient (Wildman–Crippen LogP) is 5.33. The van der Waals surface area contributed by atoms with Crippen LogP contribution < -0.4 is 10.1 Å². The van der Waals surface area contributed by atoms with Gasteiger partial charge in [-0.3, -0.25) is 9.78 Å². The first kappa shape index (κ1) is 17.5. The molecule has 0 radical (unpaired) electrons. The molecule has 0 aliphatic carbocycles. The summed E-state index contributed by atoms with van der Waals surface area (Å²) in [5, 5.41) is 3.35. The highest BCUT2D eigenvalue weighted by Crippen LogP contribution is 2.24. The van der Waals surface area contributed by atoms with E-state index in [1.807, 2.05) is 24.3 Å². The Bertz CT molecular complexity index is 888. The Hall–Kier alpha value is -2.37. The van der Waals surface area contributed by atoms with Gasteiger partial charge >= 0.3 is 0 Å². The van der Waals surface area contributed by atoms with Gasteiger partial charge < -0.3 is 10.1 Å². The van der Waals surface area contributed by atoms with Crippen molar-refractivity contribution in [1.29, 1.82) is 0 Å². The molecule has 0 unspecified atom stereocenters. The number of pyridine rings is 1. The fourth-order valence-corrected chi connectivity index (χ4v) is 2.78. The quantitative estimate of drug-likeness (QED) is 0.610. The monoisotopic (exact) mass is 416 g/mol. The van der Waals surface area contributed by atoms with E-state index in [1.54, 1.807) is 42.7 Å². The zero-order valence-corrected chi connectivity index (χ0v) is 15.4. The van der Waals surface area contributed by atoms with Crippen LogP contribution in [0.1, 0.15) is 15.9 Å². The van der Waals surface area contributed by atoms with Crippen LogP contribution in [0, 0.1) is 0 Å². The normalized spacial score (nSPS) is 10.3. The third-order valence-electron chi connectivity index (χ3n) is 3.39. The second kappa shape index (κ2) is 8.14. The number of carbonyl (C=O) groups excluding carboxylic acids is 1. The van der Waals surface area contributed by atoms with E-state index in [2.05, 4.69) is 26.2 Å². The number of amides is 1. The van der Waals surface area contributed by atoms with Crippen LogP contribution in [0.5, 0.6) is 5.75 Å². The van der Waals surface area contributed by atoms with E-state index in [-0.39, 0.29) is 5.91 Å². The first-order valence-corrected chi connectivity index (χ1v) is 8.67. The number of hydrogen-bond acceptors (Lipinski definition) is 3. The van der Waals surface area contributed by atoms with E-state index in [9.17, 15) is 4.79 Å². The highest BCUT2D eigenvalue weighted by Gasteiger charge is 2.11. The van der Waals surface area contributed by atoms with Crippen molar-refractivity contribution in [2.24, 2.45) is 0 Å². The largest absolute Gasteiger partial charge is 0.489 e. The number of halogens is 2. The average Bonchev–Trinajstić information content (AvgIpc) is 2.63. The number of anilines is 1. The van der Waals surface area contributed by atoms with Gasteiger partial charge in [-0.15, -0.1) is 0 Å². The predicted molar refractivity (Wildman–Crippen MR) is 102 cm³/mol. The van der Waals surface area contributed by atoms with E-state index < -0.39 is 0 Å². The third kappa shape index (κ3) is 4.81. The van der Waals surface area contributed by atoms with E-state index in [1.165, 1.54) is 0 Å². The summed E-state index contributed by atoms with van der Waals surface area (Å²) in [7, 11) is 0. The van der Waals surface area contributed by atoms with E-state index in [0.29, 0.717) is 33.1 Å². The fraction of sp³-hybridized carbons (Fsp3) is 0.0526. The molecular weight excluding hydrogens is 404 g/mol. The number of carbonyl (C=O) groups is 1. The van der Waals surface area contributed by atoms with Crippen molar-refractivity contribution < 1.29 is 9.53 Å². The van der Waals surface area contributed by atoms with Gasteiger partial charge in [-0.2, -0.15) is 0 Å². The molecule has 6 heteroatoms. The summed E-state index contributed by atoms with van der Waals surface area (Å²) in [6.45, 7) is 0.408. The molecule has 4 nitrogen and oxygen atoms in total. The highest BCUT2D eigenvalue weighted by atomic mass is 79.9. The molecule has 1 amide bonds. The lowest BCUT2D eigenvalue weighted by Gasteiger charge is -2.10. The van der Waals surface area contributed by atoms with Gasteiger partial charge in [0.1, 0.15) is 12.4 Å². The maximum absolute atomic E-state index is 12.4. The molecule has 0 fully saturated rings. The summed E-state index contributed by atoms with van der Waals surface area (Å²) in [6, 6.07) is 16.1. The Morgan fingerprint density at radius 1 is 1.16 bits per heavy atom. The van der Waals surface area contributed by atoms with Gasteiger partial charge in [0, 0.05) is 39.2 Å². The fourth-order valence-electron chi connectivity index (χ4n) is 2.18. The van der Waals surface area contributed by atoms with Gasteiger partial charge in [-0.25, -0.2) is 0 Å². The van der Waals surface area contributed by atoms with Crippen LogP contribution >= 0.6 is 27.5 Å². The second-order valence-electron chi connectivity index (χ2n) is 5.26. The van der Waals surface area contributed by atoms with Gasteiger partial charge in [0.05, 0.1) is 5.56 Å². The minimum Gasteiger partial charge on any atom is -0.489 e.